The van der Waals surface area contributed by atoms with Crippen LogP contribution in [0.1, 0.15) is 29.6 Å². The molecule has 126 valence electrons. The molecule has 4 aromatic rings. The number of aromatic nitrogens is 3. The minimum atomic E-state index is -0.143. The number of benzene rings is 1. The molecule has 0 saturated carbocycles. The van der Waals surface area contributed by atoms with Crippen molar-refractivity contribution in [2.24, 2.45) is 0 Å². The van der Waals surface area contributed by atoms with Crippen LogP contribution in [0.15, 0.2) is 48.1 Å². The molecule has 1 aromatic carbocycles. The van der Waals surface area contributed by atoms with Crippen molar-refractivity contribution in [2.75, 3.05) is 5.32 Å². The molecule has 3 aromatic heterocycles. The van der Waals surface area contributed by atoms with E-state index in [1.165, 1.54) is 11.3 Å². The van der Waals surface area contributed by atoms with Crippen molar-refractivity contribution in [3.05, 3.63) is 53.0 Å². The van der Waals surface area contributed by atoms with E-state index in [1.54, 1.807) is 17.5 Å². The molecular weight excluding hydrogens is 352 g/mol. The summed E-state index contributed by atoms with van der Waals surface area (Å²) in [5.74, 6) is -0.143. The van der Waals surface area contributed by atoms with E-state index in [0.29, 0.717) is 10.9 Å². The maximum atomic E-state index is 12.5. The van der Waals surface area contributed by atoms with Gasteiger partial charge in [0.05, 0.1) is 16.6 Å². The summed E-state index contributed by atoms with van der Waals surface area (Å²) in [4.78, 5) is 18.5. The fourth-order valence-corrected chi connectivity index (χ4v) is 4.09. The number of carbonyl (C=O) groups is 1. The van der Waals surface area contributed by atoms with Crippen LogP contribution in [0.25, 0.3) is 20.8 Å². The quantitative estimate of drug-likeness (QED) is 0.548. The third kappa shape index (κ3) is 3.20. The summed E-state index contributed by atoms with van der Waals surface area (Å²) < 4.78 is 1.92. The molecule has 0 fully saturated rings. The number of nitrogens with zero attached hydrogens (tertiary/aromatic N) is 3. The van der Waals surface area contributed by atoms with Crippen molar-refractivity contribution in [1.29, 1.82) is 0 Å². The highest BCUT2D eigenvalue weighted by atomic mass is 32.1. The maximum absolute atomic E-state index is 12.5. The first kappa shape index (κ1) is 16.0. The van der Waals surface area contributed by atoms with Crippen LogP contribution >= 0.6 is 22.7 Å². The predicted octanol–water partition coefficient (Wildman–Crippen LogP) is 5.05. The van der Waals surface area contributed by atoms with Crippen molar-refractivity contribution in [3.8, 4) is 9.88 Å². The largest absolute Gasteiger partial charge is 0.321 e. The number of fused-ring (bicyclic) bond motifs is 1. The Morgan fingerprint density at radius 3 is 2.92 bits per heavy atom. The fraction of sp³-hybridized carbons (Fsp3) is 0.167. The third-order valence-electron chi connectivity index (χ3n) is 3.77. The van der Waals surface area contributed by atoms with E-state index in [-0.39, 0.29) is 5.91 Å². The van der Waals surface area contributed by atoms with Crippen LogP contribution in [0.4, 0.5) is 5.69 Å². The molecule has 0 aliphatic rings. The number of hydrogen-bond donors (Lipinski definition) is 1. The van der Waals surface area contributed by atoms with E-state index in [4.69, 9.17) is 0 Å². The first-order valence-electron chi connectivity index (χ1n) is 7.90. The summed E-state index contributed by atoms with van der Waals surface area (Å²) in [6.45, 7) is 4.17. The van der Waals surface area contributed by atoms with Gasteiger partial charge in [-0.25, -0.2) is 4.98 Å². The zero-order valence-electron chi connectivity index (χ0n) is 13.8. The van der Waals surface area contributed by atoms with Gasteiger partial charge < -0.3 is 5.32 Å². The van der Waals surface area contributed by atoms with Crippen LogP contribution in [-0.4, -0.2) is 20.7 Å². The van der Waals surface area contributed by atoms with Gasteiger partial charge in [-0.05, 0) is 43.5 Å². The summed E-state index contributed by atoms with van der Waals surface area (Å²) in [6, 6.07) is 10.0. The summed E-state index contributed by atoms with van der Waals surface area (Å²) in [5.41, 5.74) is 1.68. The van der Waals surface area contributed by atoms with E-state index in [1.807, 2.05) is 46.6 Å². The molecular formula is C18H16N4OS2. The zero-order valence-corrected chi connectivity index (χ0v) is 15.4. The van der Waals surface area contributed by atoms with Crippen molar-refractivity contribution in [3.63, 3.8) is 0 Å². The minimum absolute atomic E-state index is 0.143. The van der Waals surface area contributed by atoms with Gasteiger partial charge >= 0.3 is 0 Å². The Hall–Kier alpha value is -2.51. The second kappa shape index (κ2) is 6.42. The van der Waals surface area contributed by atoms with Crippen LogP contribution in [0, 0.1) is 0 Å². The van der Waals surface area contributed by atoms with E-state index in [0.717, 1.165) is 26.5 Å². The lowest BCUT2D eigenvalue weighted by Crippen LogP contribution is -2.09. The average Bonchev–Trinajstić information content (AvgIpc) is 3.33. The molecule has 0 aliphatic heterocycles. The normalized spacial score (nSPS) is 11.3. The summed E-state index contributed by atoms with van der Waals surface area (Å²) in [7, 11) is 0. The number of amides is 1. The zero-order chi connectivity index (χ0) is 17.4. The minimum Gasteiger partial charge on any atom is -0.321 e. The van der Waals surface area contributed by atoms with E-state index < -0.39 is 0 Å². The molecule has 0 spiro atoms. The van der Waals surface area contributed by atoms with Crippen LogP contribution < -0.4 is 5.32 Å². The molecule has 0 aliphatic carbocycles. The van der Waals surface area contributed by atoms with Crippen molar-refractivity contribution in [2.45, 2.75) is 19.9 Å². The molecule has 0 bridgehead atoms. The van der Waals surface area contributed by atoms with Gasteiger partial charge in [0.15, 0.2) is 0 Å². The highest BCUT2D eigenvalue weighted by molar-refractivity contribution is 7.22. The number of carbonyl (C=O) groups excluding carboxylic acids is 1. The fourth-order valence-electron chi connectivity index (χ4n) is 2.47. The van der Waals surface area contributed by atoms with E-state index in [2.05, 4.69) is 29.2 Å². The second-order valence-corrected chi connectivity index (χ2v) is 7.92. The SMILES string of the molecule is CC(C)n1cc2cc(NC(=O)c3cnc(-c4cccs4)s3)ccc2n1. The molecule has 5 nitrogen and oxygen atoms in total. The average molecular weight is 368 g/mol. The first-order valence-corrected chi connectivity index (χ1v) is 9.60. The number of hydrogen-bond acceptors (Lipinski definition) is 5. The molecule has 1 N–H and O–H groups in total. The highest BCUT2D eigenvalue weighted by Crippen LogP contribution is 2.29. The molecule has 0 radical (unpaired) electrons. The van der Waals surface area contributed by atoms with Gasteiger partial charge in [-0.3, -0.25) is 9.48 Å². The molecule has 7 heteroatoms. The number of thiophene rings is 1. The molecule has 1 amide bonds. The van der Waals surface area contributed by atoms with Crippen molar-refractivity contribution < 1.29 is 4.79 Å². The van der Waals surface area contributed by atoms with Crippen LogP contribution in [0.2, 0.25) is 0 Å². The maximum Gasteiger partial charge on any atom is 0.267 e. The van der Waals surface area contributed by atoms with Crippen LogP contribution in [0.3, 0.4) is 0 Å². The smallest absolute Gasteiger partial charge is 0.267 e. The lowest BCUT2D eigenvalue weighted by molar-refractivity contribution is 0.103. The molecule has 3 heterocycles. The second-order valence-electron chi connectivity index (χ2n) is 5.94. The van der Waals surface area contributed by atoms with Crippen molar-refractivity contribution >= 4 is 45.2 Å². The van der Waals surface area contributed by atoms with E-state index in [9.17, 15) is 4.79 Å². The Bertz CT molecular complexity index is 1030. The standard InChI is InChI=1S/C18H16N4OS2/c1-11(2)22-10-12-8-13(5-6-14(12)21-22)20-17(23)16-9-19-18(25-16)15-4-3-7-24-15/h3-11H,1-2H3,(H,20,23). The molecule has 0 saturated heterocycles. The van der Waals surface area contributed by atoms with Crippen molar-refractivity contribution in [1.82, 2.24) is 14.8 Å². The third-order valence-corrected chi connectivity index (χ3v) is 5.81. The Labute approximate surface area is 153 Å². The monoisotopic (exact) mass is 368 g/mol. The first-order chi connectivity index (χ1) is 12.1. The van der Waals surface area contributed by atoms with Crippen LogP contribution in [-0.2, 0) is 0 Å². The lowest BCUT2D eigenvalue weighted by atomic mass is 10.2. The molecule has 25 heavy (non-hydrogen) atoms. The molecule has 0 atom stereocenters. The lowest BCUT2D eigenvalue weighted by Gasteiger charge is -2.02. The topological polar surface area (TPSA) is 59.8 Å². The van der Waals surface area contributed by atoms with Gasteiger partial charge in [0.2, 0.25) is 0 Å². The van der Waals surface area contributed by atoms with Gasteiger partial charge in [-0.2, -0.15) is 5.10 Å². The Balaban J connectivity index is 1.55. The van der Waals surface area contributed by atoms with Gasteiger partial charge in [0, 0.05) is 23.3 Å². The van der Waals surface area contributed by atoms with Crippen LogP contribution in [0.5, 0.6) is 0 Å². The summed E-state index contributed by atoms with van der Waals surface area (Å²) in [6.07, 6.45) is 3.63. The van der Waals surface area contributed by atoms with E-state index >= 15 is 0 Å². The van der Waals surface area contributed by atoms with Gasteiger partial charge in [-0.15, -0.1) is 22.7 Å². The summed E-state index contributed by atoms with van der Waals surface area (Å²) >= 11 is 3.02. The summed E-state index contributed by atoms with van der Waals surface area (Å²) in [5, 5.41) is 11.3. The highest BCUT2D eigenvalue weighted by Gasteiger charge is 2.13. The Morgan fingerprint density at radius 1 is 1.28 bits per heavy atom. The Morgan fingerprint density at radius 2 is 2.16 bits per heavy atom. The van der Waals surface area contributed by atoms with Gasteiger partial charge in [-0.1, -0.05) is 6.07 Å². The molecule has 0 unspecified atom stereocenters. The number of rotatable bonds is 4. The Kier molecular flexibility index (Phi) is 4.10. The van der Waals surface area contributed by atoms with Gasteiger partial charge in [0.1, 0.15) is 9.88 Å². The number of nitrogens with one attached hydrogen (secondary N) is 1. The number of thiazole rings is 1. The van der Waals surface area contributed by atoms with Gasteiger partial charge in [0.25, 0.3) is 5.91 Å². The molecule has 4 rings (SSSR count). The predicted molar refractivity (Wildman–Crippen MR) is 103 cm³/mol. The number of anilines is 1.